The first-order valence-corrected chi connectivity index (χ1v) is 6.50. The lowest BCUT2D eigenvalue weighted by Gasteiger charge is -2.32. The molecule has 0 radical (unpaired) electrons. The van der Waals surface area contributed by atoms with Gasteiger partial charge in [0.25, 0.3) is 0 Å². The lowest BCUT2D eigenvalue weighted by molar-refractivity contribution is -0.139. The maximum atomic E-state index is 11.9. The minimum atomic E-state index is -1.03. The highest BCUT2D eigenvalue weighted by molar-refractivity contribution is 5.82. The number of aliphatic carboxylic acids is 1. The number of rotatable bonds is 5. The number of nitrogens with zero attached hydrogens (tertiary/aromatic N) is 1. The number of hydrogen-bond donors (Lipinski definition) is 3. The fourth-order valence-electron chi connectivity index (χ4n) is 2.20. The molecule has 4 N–H and O–H groups in total. The molecule has 0 aromatic carbocycles. The zero-order chi connectivity index (χ0) is 14.4. The second-order valence-electron chi connectivity index (χ2n) is 4.85. The fraction of sp³-hybridized carbons (Fsp3) is 0.750. The molecule has 108 valence electrons. The van der Waals surface area contributed by atoms with Crippen molar-refractivity contribution in [3.8, 4) is 0 Å². The molecule has 1 aliphatic rings. The van der Waals surface area contributed by atoms with E-state index in [0.29, 0.717) is 25.9 Å². The summed E-state index contributed by atoms with van der Waals surface area (Å²) >= 11 is 0. The Hall–Kier alpha value is -1.79. The fourth-order valence-corrected chi connectivity index (χ4v) is 2.20. The third kappa shape index (κ3) is 4.76. The molecule has 0 spiro atoms. The SMILES string of the molecule is CC[C@H](NC(=O)N1CCC(CC(N)=O)CC1)C(=O)O. The van der Waals surface area contributed by atoms with E-state index in [-0.39, 0.29) is 17.9 Å². The molecule has 0 unspecified atom stereocenters. The van der Waals surface area contributed by atoms with Crippen LogP contribution >= 0.6 is 0 Å². The molecule has 1 aliphatic heterocycles. The summed E-state index contributed by atoms with van der Waals surface area (Å²) < 4.78 is 0. The predicted octanol–water partition coefficient (Wildman–Crippen LogP) is 0.147. The third-order valence-corrected chi connectivity index (χ3v) is 3.40. The number of urea groups is 1. The molecule has 0 aliphatic carbocycles. The summed E-state index contributed by atoms with van der Waals surface area (Å²) in [6.07, 6.45) is 2.14. The first-order chi connectivity index (χ1) is 8.93. The molecule has 1 heterocycles. The van der Waals surface area contributed by atoms with Gasteiger partial charge in [-0.15, -0.1) is 0 Å². The van der Waals surface area contributed by atoms with Gasteiger partial charge in [-0.1, -0.05) is 6.92 Å². The highest BCUT2D eigenvalue weighted by Gasteiger charge is 2.26. The van der Waals surface area contributed by atoms with E-state index in [2.05, 4.69) is 5.32 Å². The average molecular weight is 271 g/mol. The summed E-state index contributed by atoms with van der Waals surface area (Å²) in [5.74, 6) is -1.12. The molecule has 7 nitrogen and oxygen atoms in total. The number of carbonyl (C=O) groups is 3. The number of carbonyl (C=O) groups excluding carboxylic acids is 2. The topological polar surface area (TPSA) is 113 Å². The Morgan fingerprint density at radius 3 is 2.37 bits per heavy atom. The maximum Gasteiger partial charge on any atom is 0.326 e. The molecule has 3 amide bonds. The summed E-state index contributed by atoms with van der Waals surface area (Å²) in [4.78, 5) is 35.1. The van der Waals surface area contributed by atoms with Crippen molar-refractivity contribution >= 4 is 17.9 Å². The quantitative estimate of drug-likeness (QED) is 0.660. The Morgan fingerprint density at radius 2 is 1.95 bits per heavy atom. The van der Waals surface area contributed by atoms with Crippen LogP contribution in [0.25, 0.3) is 0 Å². The van der Waals surface area contributed by atoms with Crippen LogP contribution in [0.5, 0.6) is 0 Å². The number of nitrogens with two attached hydrogens (primary N) is 1. The van der Waals surface area contributed by atoms with Crippen molar-refractivity contribution in [3.63, 3.8) is 0 Å². The van der Waals surface area contributed by atoms with Crippen LogP contribution in [0.15, 0.2) is 0 Å². The summed E-state index contributed by atoms with van der Waals surface area (Å²) in [6, 6.07) is -1.21. The van der Waals surface area contributed by atoms with Crippen molar-refractivity contribution in [3.05, 3.63) is 0 Å². The summed E-state index contributed by atoms with van der Waals surface area (Å²) in [5, 5.41) is 11.4. The number of carboxylic acids is 1. The van der Waals surface area contributed by atoms with Crippen LogP contribution in [0.1, 0.15) is 32.6 Å². The number of hydrogen-bond acceptors (Lipinski definition) is 3. The Balaban J connectivity index is 2.40. The second-order valence-corrected chi connectivity index (χ2v) is 4.85. The van der Waals surface area contributed by atoms with Crippen molar-refractivity contribution < 1.29 is 19.5 Å². The lowest BCUT2D eigenvalue weighted by atomic mass is 9.93. The first-order valence-electron chi connectivity index (χ1n) is 6.50. The number of piperidine rings is 1. The van der Waals surface area contributed by atoms with Crippen molar-refractivity contribution in [2.24, 2.45) is 11.7 Å². The second kappa shape index (κ2) is 6.96. The Kier molecular flexibility index (Phi) is 5.59. The summed E-state index contributed by atoms with van der Waals surface area (Å²) in [6.45, 7) is 2.76. The van der Waals surface area contributed by atoms with E-state index in [1.54, 1.807) is 11.8 Å². The average Bonchev–Trinajstić information content (AvgIpc) is 2.35. The van der Waals surface area contributed by atoms with E-state index in [0.717, 1.165) is 12.8 Å². The van der Waals surface area contributed by atoms with Gasteiger partial charge in [0, 0.05) is 19.5 Å². The van der Waals surface area contributed by atoms with E-state index in [1.807, 2.05) is 0 Å². The lowest BCUT2D eigenvalue weighted by Crippen LogP contribution is -2.50. The largest absolute Gasteiger partial charge is 0.480 e. The minimum Gasteiger partial charge on any atom is -0.480 e. The Labute approximate surface area is 112 Å². The maximum absolute atomic E-state index is 11.9. The molecule has 0 aromatic rings. The van der Waals surface area contributed by atoms with Crippen LogP contribution in [-0.4, -0.2) is 47.0 Å². The minimum absolute atomic E-state index is 0.225. The van der Waals surface area contributed by atoms with Gasteiger partial charge in [0.1, 0.15) is 6.04 Å². The first kappa shape index (κ1) is 15.3. The van der Waals surface area contributed by atoms with Gasteiger partial charge in [-0.25, -0.2) is 9.59 Å². The monoisotopic (exact) mass is 271 g/mol. The van der Waals surface area contributed by atoms with Gasteiger partial charge < -0.3 is 21.1 Å². The van der Waals surface area contributed by atoms with Crippen molar-refractivity contribution in [1.29, 1.82) is 0 Å². The van der Waals surface area contributed by atoms with Gasteiger partial charge in [-0.3, -0.25) is 4.79 Å². The van der Waals surface area contributed by atoms with E-state index in [9.17, 15) is 14.4 Å². The van der Waals surface area contributed by atoms with Gasteiger partial charge in [-0.2, -0.15) is 0 Å². The molecular weight excluding hydrogens is 250 g/mol. The molecule has 19 heavy (non-hydrogen) atoms. The van der Waals surface area contributed by atoms with Crippen LogP contribution in [0, 0.1) is 5.92 Å². The highest BCUT2D eigenvalue weighted by atomic mass is 16.4. The highest BCUT2D eigenvalue weighted by Crippen LogP contribution is 2.20. The van der Waals surface area contributed by atoms with Crippen molar-refractivity contribution in [2.45, 2.75) is 38.6 Å². The van der Waals surface area contributed by atoms with Crippen LogP contribution in [0.3, 0.4) is 0 Å². The number of amides is 3. The van der Waals surface area contributed by atoms with Crippen LogP contribution in [0.2, 0.25) is 0 Å². The van der Waals surface area contributed by atoms with Crippen molar-refractivity contribution in [2.75, 3.05) is 13.1 Å². The van der Waals surface area contributed by atoms with Crippen LogP contribution in [0.4, 0.5) is 4.79 Å². The number of carboxylic acid groups (broad SMARTS) is 1. The smallest absolute Gasteiger partial charge is 0.326 e. The molecule has 0 bridgehead atoms. The van der Waals surface area contributed by atoms with Gasteiger partial charge >= 0.3 is 12.0 Å². The summed E-state index contributed by atoms with van der Waals surface area (Å²) in [5.41, 5.74) is 5.14. The third-order valence-electron chi connectivity index (χ3n) is 3.40. The molecule has 1 fully saturated rings. The van der Waals surface area contributed by atoms with Gasteiger partial charge in [0.15, 0.2) is 0 Å². The number of likely N-dealkylation sites (tertiary alicyclic amines) is 1. The molecule has 0 saturated carbocycles. The number of primary amides is 1. The Morgan fingerprint density at radius 1 is 1.37 bits per heavy atom. The van der Waals surface area contributed by atoms with E-state index in [1.165, 1.54) is 0 Å². The van der Waals surface area contributed by atoms with Crippen LogP contribution < -0.4 is 11.1 Å². The molecule has 7 heteroatoms. The normalized spacial score (nSPS) is 17.8. The molecule has 1 atom stereocenters. The molecule has 1 rings (SSSR count). The van der Waals surface area contributed by atoms with E-state index >= 15 is 0 Å². The van der Waals surface area contributed by atoms with Gasteiger partial charge in [-0.05, 0) is 25.2 Å². The van der Waals surface area contributed by atoms with E-state index < -0.39 is 12.0 Å². The molecule has 0 aromatic heterocycles. The zero-order valence-corrected chi connectivity index (χ0v) is 11.1. The van der Waals surface area contributed by atoms with Crippen molar-refractivity contribution in [1.82, 2.24) is 10.2 Å². The predicted molar refractivity (Wildman–Crippen MR) is 68.4 cm³/mol. The zero-order valence-electron chi connectivity index (χ0n) is 11.1. The molecule has 1 saturated heterocycles. The standard InChI is InChI=1S/C12H21N3O4/c1-2-9(11(17)18)14-12(19)15-5-3-8(4-6-15)7-10(13)16/h8-9H,2-7H2,1H3,(H2,13,16)(H,14,19)(H,17,18)/t9-/m0/s1. The van der Waals surface area contributed by atoms with Gasteiger partial charge in [0.05, 0.1) is 0 Å². The molecular formula is C12H21N3O4. The van der Waals surface area contributed by atoms with Crippen LogP contribution in [-0.2, 0) is 9.59 Å². The van der Waals surface area contributed by atoms with E-state index in [4.69, 9.17) is 10.8 Å². The summed E-state index contributed by atoms with van der Waals surface area (Å²) in [7, 11) is 0. The number of nitrogens with one attached hydrogen (secondary N) is 1. The Bertz CT molecular complexity index is 351. The van der Waals surface area contributed by atoms with Gasteiger partial charge in [0.2, 0.25) is 5.91 Å².